The molecule has 0 fully saturated rings. The first-order valence-electron chi connectivity index (χ1n) is 6.48. The maximum atomic E-state index is 13.1. The summed E-state index contributed by atoms with van der Waals surface area (Å²) >= 11 is 3.37. The van der Waals surface area contributed by atoms with Gasteiger partial charge in [0.15, 0.2) is 0 Å². The number of halogens is 4. The predicted molar refractivity (Wildman–Crippen MR) is 82.4 cm³/mol. The third kappa shape index (κ3) is 3.79. The summed E-state index contributed by atoms with van der Waals surface area (Å²) in [6.07, 6.45) is -4.35. The summed E-state index contributed by atoms with van der Waals surface area (Å²) in [5, 5.41) is 3.15. The van der Waals surface area contributed by atoms with Gasteiger partial charge in [-0.15, -0.1) is 0 Å². The van der Waals surface area contributed by atoms with E-state index in [0.717, 1.165) is 21.8 Å². The molecule has 0 heterocycles. The second-order valence-electron chi connectivity index (χ2n) is 4.91. The van der Waals surface area contributed by atoms with Crippen molar-refractivity contribution in [2.45, 2.75) is 26.1 Å². The molecule has 0 radical (unpaired) electrons. The maximum Gasteiger partial charge on any atom is 0.416 e. The maximum absolute atomic E-state index is 13.1. The lowest BCUT2D eigenvalue weighted by molar-refractivity contribution is -0.138. The number of alkyl halides is 3. The number of hydrogen-bond acceptors (Lipinski definition) is 1. The molecule has 1 unspecified atom stereocenters. The summed E-state index contributed by atoms with van der Waals surface area (Å²) < 4.78 is 40.0. The molecule has 2 aromatic carbocycles. The van der Waals surface area contributed by atoms with Gasteiger partial charge in [-0.2, -0.15) is 13.2 Å². The van der Waals surface area contributed by atoms with Gasteiger partial charge in [0, 0.05) is 16.2 Å². The van der Waals surface area contributed by atoms with Gasteiger partial charge >= 0.3 is 6.18 Å². The topological polar surface area (TPSA) is 12.0 Å². The third-order valence-electron chi connectivity index (χ3n) is 3.30. The number of anilines is 1. The van der Waals surface area contributed by atoms with Crippen molar-refractivity contribution in [3.63, 3.8) is 0 Å². The third-order valence-corrected chi connectivity index (χ3v) is 3.80. The summed E-state index contributed by atoms with van der Waals surface area (Å²) in [7, 11) is 0. The Labute approximate surface area is 130 Å². The molecule has 0 aliphatic rings. The van der Waals surface area contributed by atoms with E-state index in [1.54, 1.807) is 13.0 Å². The van der Waals surface area contributed by atoms with Crippen LogP contribution in [0.2, 0.25) is 0 Å². The molecular formula is C16H15BrF3N. The van der Waals surface area contributed by atoms with Crippen molar-refractivity contribution in [1.82, 2.24) is 0 Å². The lowest BCUT2D eigenvalue weighted by atomic mass is 10.0. The van der Waals surface area contributed by atoms with E-state index in [1.807, 2.05) is 25.1 Å². The molecule has 0 bridgehead atoms. The number of rotatable bonds is 3. The summed E-state index contributed by atoms with van der Waals surface area (Å²) in [6.45, 7) is 3.64. The van der Waals surface area contributed by atoms with Crippen molar-refractivity contribution in [2.75, 3.05) is 5.32 Å². The fraction of sp³-hybridized carbons (Fsp3) is 0.250. The molecule has 0 spiro atoms. The van der Waals surface area contributed by atoms with Gasteiger partial charge in [-0.3, -0.25) is 0 Å². The van der Waals surface area contributed by atoms with Crippen molar-refractivity contribution in [3.8, 4) is 0 Å². The van der Waals surface area contributed by atoms with Crippen LogP contribution in [0.1, 0.15) is 29.7 Å². The van der Waals surface area contributed by atoms with E-state index >= 15 is 0 Å². The second-order valence-corrected chi connectivity index (χ2v) is 5.83. The zero-order chi connectivity index (χ0) is 15.6. The van der Waals surface area contributed by atoms with E-state index in [4.69, 9.17) is 0 Å². The SMILES string of the molecule is Cc1ccc(Br)cc1NC(C)c1ccccc1C(F)(F)F. The minimum absolute atomic E-state index is 0.240. The Morgan fingerprint density at radius 3 is 2.43 bits per heavy atom. The van der Waals surface area contributed by atoms with Crippen LogP contribution in [0.4, 0.5) is 18.9 Å². The molecule has 0 aliphatic heterocycles. The van der Waals surface area contributed by atoms with Crippen LogP contribution in [0.25, 0.3) is 0 Å². The predicted octanol–water partition coefficient (Wildman–Crippen LogP) is 5.95. The quantitative estimate of drug-likeness (QED) is 0.715. The Morgan fingerprint density at radius 2 is 1.76 bits per heavy atom. The summed E-state index contributed by atoms with van der Waals surface area (Å²) in [5.41, 5.74) is 1.44. The number of hydrogen-bond donors (Lipinski definition) is 1. The first kappa shape index (κ1) is 15.9. The molecule has 2 aromatic rings. The molecule has 112 valence electrons. The van der Waals surface area contributed by atoms with E-state index in [9.17, 15) is 13.2 Å². The smallest absolute Gasteiger partial charge is 0.378 e. The fourth-order valence-electron chi connectivity index (χ4n) is 2.19. The van der Waals surface area contributed by atoms with Crippen LogP contribution in [0.5, 0.6) is 0 Å². The zero-order valence-corrected chi connectivity index (χ0v) is 13.2. The van der Waals surface area contributed by atoms with E-state index in [-0.39, 0.29) is 5.56 Å². The molecule has 0 amide bonds. The van der Waals surface area contributed by atoms with Gasteiger partial charge in [-0.1, -0.05) is 40.2 Å². The molecular weight excluding hydrogens is 343 g/mol. The Hall–Kier alpha value is -1.49. The van der Waals surface area contributed by atoms with Crippen LogP contribution in [0.3, 0.4) is 0 Å². The standard InChI is InChI=1S/C16H15BrF3N/c1-10-7-8-12(17)9-15(10)21-11(2)13-5-3-4-6-14(13)16(18,19)20/h3-9,11,21H,1-2H3. The van der Waals surface area contributed by atoms with Gasteiger partial charge in [0.2, 0.25) is 0 Å². The Kier molecular flexibility index (Phi) is 4.61. The molecule has 0 saturated carbocycles. The molecule has 1 nitrogen and oxygen atoms in total. The first-order chi connectivity index (χ1) is 9.79. The van der Waals surface area contributed by atoms with Crippen LogP contribution in [0, 0.1) is 6.92 Å². The van der Waals surface area contributed by atoms with Crippen molar-refractivity contribution < 1.29 is 13.2 Å². The average molecular weight is 358 g/mol. The minimum Gasteiger partial charge on any atom is -0.378 e. The van der Waals surface area contributed by atoms with Gasteiger partial charge in [0.25, 0.3) is 0 Å². The Morgan fingerprint density at radius 1 is 1.10 bits per heavy atom. The highest BCUT2D eigenvalue weighted by atomic mass is 79.9. The molecule has 0 aliphatic carbocycles. The summed E-state index contributed by atoms with van der Waals surface area (Å²) in [4.78, 5) is 0. The molecule has 1 atom stereocenters. The van der Waals surface area contributed by atoms with Crippen LogP contribution in [-0.2, 0) is 6.18 Å². The monoisotopic (exact) mass is 357 g/mol. The minimum atomic E-state index is -4.35. The van der Waals surface area contributed by atoms with Crippen molar-refractivity contribution >= 4 is 21.6 Å². The van der Waals surface area contributed by atoms with Gasteiger partial charge in [0.05, 0.1) is 5.56 Å². The van der Waals surface area contributed by atoms with Gasteiger partial charge in [-0.05, 0) is 43.2 Å². The lowest BCUT2D eigenvalue weighted by Gasteiger charge is -2.21. The zero-order valence-electron chi connectivity index (χ0n) is 11.6. The summed E-state index contributed by atoms with van der Waals surface area (Å²) in [5.74, 6) is 0. The normalized spacial score (nSPS) is 13.0. The van der Waals surface area contributed by atoms with E-state index in [0.29, 0.717) is 0 Å². The molecule has 21 heavy (non-hydrogen) atoms. The lowest BCUT2D eigenvalue weighted by Crippen LogP contribution is -2.15. The second kappa shape index (κ2) is 6.10. The molecule has 2 rings (SSSR count). The van der Waals surface area contributed by atoms with E-state index < -0.39 is 17.8 Å². The van der Waals surface area contributed by atoms with Crippen LogP contribution in [0.15, 0.2) is 46.9 Å². The number of benzene rings is 2. The molecule has 0 saturated heterocycles. The van der Waals surface area contributed by atoms with Gasteiger partial charge in [-0.25, -0.2) is 0 Å². The van der Waals surface area contributed by atoms with Crippen molar-refractivity contribution in [2.24, 2.45) is 0 Å². The number of aryl methyl sites for hydroxylation is 1. The van der Waals surface area contributed by atoms with E-state index in [2.05, 4.69) is 21.2 Å². The molecule has 0 aromatic heterocycles. The van der Waals surface area contributed by atoms with Gasteiger partial charge in [0.1, 0.15) is 0 Å². The van der Waals surface area contributed by atoms with Crippen LogP contribution >= 0.6 is 15.9 Å². The Balaban J connectivity index is 2.33. The molecule has 5 heteroatoms. The van der Waals surface area contributed by atoms with Crippen molar-refractivity contribution in [1.29, 1.82) is 0 Å². The highest BCUT2D eigenvalue weighted by Gasteiger charge is 2.34. The molecule has 1 N–H and O–H groups in total. The largest absolute Gasteiger partial charge is 0.416 e. The van der Waals surface area contributed by atoms with E-state index in [1.165, 1.54) is 12.1 Å². The number of nitrogens with one attached hydrogen (secondary N) is 1. The van der Waals surface area contributed by atoms with Gasteiger partial charge < -0.3 is 5.32 Å². The highest BCUT2D eigenvalue weighted by Crippen LogP contribution is 2.35. The van der Waals surface area contributed by atoms with Crippen LogP contribution in [-0.4, -0.2) is 0 Å². The Bertz CT molecular complexity index is 638. The highest BCUT2D eigenvalue weighted by molar-refractivity contribution is 9.10. The summed E-state index contributed by atoms with van der Waals surface area (Å²) in [6, 6.07) is 10.9. The van der Waals surface area contributed by atoms with Crippen LogP contribution < -0.4 is 5.32 Å². The van der Waals surface area contributed by atoms with Crippen molar-refractivity contribution in [3.05, 3.63) is 63.6 Å². The fourth-order valence-corrected chi connectivity index (χ4v) is 2.55. The average Bonchev–Trinajstić information content (AvgIpc) is 2.42. The first-order valence-corrected chi connectivity index (χ1v) is 7.27.